The van der Waals surface area contributed by atoms with Gasteiger partial charge in [0.25, 0.3) is 0 Å². The summed E-state index contributed by atoms with van der Waals surface area (Å²) >= 11 is 0. The van der Waals surface area contributed by atoms with E-state index in [9.17, 15) is 15.0 Å². The second-order valence-corrected chi connectivity index (χ2v) is 20.4. The fraction of sp³-hybridized carbons (Fsp3) is 0.716. The van der Waals surface area contributed by atoms with Crippen LogP contribution in [0.2, 0.25) is 0 Å². The molecule has 0 bridgehead atoms. The average molecular weight is 985 g/mol. The Bertz CT molecular complexity index is 1350. The molecule has 0 aliphatic rings. The van der Waals surface area contributed by atoms with Gasteiger partial charge >= 0.3 is 0 Å². The minimum Gasteiger partial charge on any atom is -0.394 e. The van der Waals surface area contributed by atoms with Crippen LogP contribution >= 0.6 is 0 Å². The molecule has 0 aliphatic carbocycles. The number of carbonyl (C=O) groups is 1. The Kier molecular flexibility index (Phi) is 58.8. The molecule has 4 nitrogen and oxygen atoms in total. The molecule has 3 N–H and O–H groups in total. The van der Waals surface area contributed by atoms with Crippen LogP contribution < -0.4 is 5.32 Å². The largest absolute Gasteiger partial charge is 0.394 e. The van der Waals surface area contributed by atoms with Crippen LogP contribution in [0.1, 0.15) is 290 Å². The standard InChI is InChI=1S/C67H117NO3/c1-3-5-7-9-11-13-15-17-19-21-23-25-27-29-30-31-32-33-34-35-36-37-38-39-41-43-45-47-49-51-53-55-57-59-61-63-67(71)68-65(64-69)66(70)62-60-58-56-54-52-50-48-46-44-42-40-28-26-24-22-20-18-16-14-12-10-8-6-4-2/h5,7,11,13,17,19,23,25,29-30,32-33,35-36,38-39,43,45,65-66,69-70H,3-4,6,8-10,12,14-16,18,20-22,24,26-28,31,34,37,40-42,44,46-64H2,1-2H3,(H,68,71)/b7-5-,13-11-,19-17-,25-23-,30-29-,33-32-,36-35-,39-38-,45-43-. The van der Waals surface area contributed by atoms with Crippen molar-refractivity contribution in [2.24, 2.45) is 0 Å². The smallest absolute Gasteiger partial charge is 0.220 e. The van der Waals surface area contributed by atoms with E-state index in [1.807, 2.05) is 0 Å². The molecule has 0 aliphatic heterocycles. The first-order valence-corrected chi connectivity index (χ1v) is 30.6. The lowest BCUT2D eigenvalue weighted by Gasteiger charge is -2.22. The van der Waals surface area contributed by atoms with Gasteiger partial charge in [0.2, 0.25) is 5.91 Å². The summed E-state index contributed by atoms with van der Waals surface area (Å²) in [6.45, 7) is 4.26. The van der Waals surface area contributed by atoms with Gasteiger partial charge in [-0.3, -0.25) is 4.79 Å². The Morgan fingerprint density at radius 1 is 0.352 bits per heavy atom. The van der Waals surface area contributed by atoms with Crippen molar-refractivity contribution in [3.8, 4) is 0 Å². The van der Waals surface area contributed by atoms with E-state index in [0.717, 1.165) is 96.3 Å². The van der Waals surface area contributed by atoms with Crippen LogP contribution in [-0.2, 0) is 4.79 Å². The highest BCUT2D eigenvalue weighted by Crippen LogP contribution is 2.17. The van der Waals surface area contributed by atoms with Gasteiger partial charge in [0.1, 0.15) is 0 Å². The van der Waals surface area contributed by atoms with Crippen molar-refractivity contribution < 1.29 is 15.0 Å². The number of allylic oxidation sites excluding steroid dienone is 18. The summed E-state index contributed by atoms with van der Waals surface area (Å²) in [5.74, 6) is -0.0439. The first-order chi connectivity index (χ1) is 35.2. The van der Waals surface area contributed by atoms with Gasteiger partial charge in [-0.25, -0.2) is 0 Å². The highest BCUT2D eigenvalue weighted by atomic mass is 16.3. The van der Waals surface area contributed by atoms with Gasteiger partial charge in [0.15, 0.2) is 0 Å². The Morgan fingerprint density at radius 2 is 0.620 bits per heavy atom. The van der Waals surface area contributed by atoms with Crippen molar-refractivity contribution in [2.45, 2.75) is 302 Å². The summed E-state index contributed by atoms with van der Waals surface area (Å²) < 4.78 is 0. The summed E-state index contributed by atoms with van der Waals surface area (Å²) in [6, 6.07) is -0.551. The molecule has 0 spiro atoms. The van der Waals surface area contributed by atoms with Gasteiger partial charge in [-0.05, 0) is 83.5 Å². The highest BCUT2D eigenvalue weighted by Gasteiger charge is 2.20. The van der Waals surface area contributed by atoms with Crippen molar-refractivity contribution in [3.05, 3.63) is 109 Å². The van der Waals surface area contributed by atoms with Gasteiger partial charge in [0.05, 0.1) is 18.8 Å². The average Bonchev–Trinajstić information content (AvgIpc) is 3.37. The molecule has 2 unspecified atom stereocenters. The fourth-order valence-corrected chi connectivity index (χ4v) is 8.94. The number of aliphatic hydroxyl groups is 2. The van der Waals surface area contributed by atoms with E-state index in [1.165, 1.54) is 167 Å². The lowest BCUT2D eigenvalue weighted by atomic mass is 10.0. The van der Waals surface area contributed by atoms with E-state index in [1.54, 1.807) is 0 Å². The fourth-order valence-electron chi connectivity index (χ4n) is 8.94. The number of hydrogen-bond acceptors (Lipinski definition) is 3. The van der Waals surface area contributed by atoms with Crippen LogP contribution in [0, 0.1) is 0 Å². The molecule has 1 amide bonds. The molecule has 0 aromatic rings. The van der Waals surface area contributed by atoms with E-state index < -0.39 is 12.1 Å². The number of hydrogen-bond donors (Lipinski definition) is 3. The predicted octanol–water partition coefficient (Wildman–Crippen LogP) is 20.6. The first-order valence-electron chi connectivity index (χ1n) is 30.6. The predicted molar refractivity (Wildman–Crippen MR) is 317 cm³/mol. The summed E-state index contributed by atoms with van der Waals surface area (Å²) in [4.78, 5) is 12.5. The SMILES string of the molecule is CC/C=C\C/C=C\C/C=C\C/C=C\C/C=C\C/C=C\C/C=C\C/C=C\C/C=C\CCCCCCCCCC(=O)NC(CO)C(O)CCCCCCCCCCCCCCCCCCCCCCCCCC. The lowest BCUT2D eigenvalue weighted by molar-refractivity contribution is -0.123. The van der Waals surface area contributed by atoms with Gasteiger partial charge in [0, 0.05) is 6.42 Å². The first kappa shape index (κ1) is 68.0. The summed E-state index contributed by atoms with van der Waals surface area (Å²) in [5.41, 5.74) is 0. The zero-order valence-corrected chi connectivity index (χ0v) is 47.0. The maximum atomic E-state index is 12.5. The maximum absolute atomic E-state index is 12.5. The second-order valence-electron chi connectivity index (χ2n) is 20.4. The topological polar surface area (TPSA) is 69.6 Å². The minimum absolute atomic E-state index is 0.0439. The molecule has 0 saturated carbocycles. The van der Waals surface area contributed by atoms with Gasteiger partial charge in [-0.15, -0.1) is 0 Å². The van der Waals surface area contributed by atoms with Gasteiger partial charge < -0.3 is 15.5 Å². The molecule has 0 saturated heterocycles. The van der Waals surface area contributed by atoms with Crippen LogP contribution in [0.4, 0.5) is 0 Å². The quantitative estimate of drug-likeness (QED) is 0.0420. The summed E-state index contributed by atoms with van der Waals surface area (Å²) in [7, 11) is 0. The zero-order valence-electron chi connectivity index (χ0n) is 47.0. The van der Waals surface area contributed by atoms with Crippen molar-refractivity contribution in [1.82, 2.24) is 5.32 Å². The Balaban J connectivity index is 3.57. The van der Waals surface area contributed by atoms with E-state index in [-0.39, 0.29) is 12.5 Å². The Hall–Kier alpha value is -2.95. The van der Waals surface area contributed by atoms with Crippen LogP contribution in [0.25, 0.3) is 0 Å². The van der Waals surface area contributed by atoms with E-state index in [0.29, 0.717) is 12.8 Å². The third-order valence-electron chi connectivity index (χ3n) is 13.5. The molecule has 0 rings (SSSR count). The van der Waals surface area contributed by atoms with Crippen LogP contribution in [0.5, 0.6) is 0 Å². The summed E-state index contributed by atoms with van der Waals surface area (Å²) in [5, 5.41) is 23.4. The number of amides is 1. The van der Waals surface area contributed by atoms with Gasteiger partial charge in [-0.2, -0.15) is 0 Å². The molecule has 2 atom stereocenters. The molecule has 0 aromatic heterocycles. The van der Waals surface area contributed by atoms with Crippen molar-refractivity contribution in [3.63, 3.8) is 0 Å². The number of carbonyl (C=O) groups excluding carboxylic acids is 1. The van der Waals surface area contributed by atoms with E-state index >= 15 is 0 Å². The molecular formula is C67H117NO3. The molecule has 4 heteroatoms. The Morgan fingerprint density at radius 3 is 0.930 bits per heavy atom. The van der Waals surface area contributed by atoms with Crippen molar-refractivity contribution in [2.75, 3.05) is 6.61 Å². The molecule has 408 valence electrons. The normalized spacial score (nSPS) is 13.6. The van der Waals surface area contributed by atoms with Gasteiger partial charge in [-0.1, -0.05) is 309 Å². The lowest BCUT2D eigenvalue weighted by Crippen LogP contribution is -2.45. The number of aliphatic hydroxyl groups excluding tert-OH is 2. The van der Waals surface area contributed by atoms with Crippen molar-refractivity contribution >= 4 is 5.91 Å². The second kappa shape index (κ2) is 61.4. The third-order valence-corrected chi connectivity index (χ3v) is 13.5. The molecule has 0 fully saturated rings. The third kappa shape index (κ3) is 57.8. The molecule has 0 aromatic carbocycles. The van der Waals surface area contributed by atoms with E-state index in [2.05, 4.69) is 129 Å². The highest BCUT2D eigenvalue weighted by molar-refractivity contribution is 5.76. The molecule has 71 heavy (non-hydrogen) atoms. The van der Waals surface area contributed by atoms with E-state index in [4.69, 9.17) is 0 Å². The monoisotopic (exact) mass is 984 g/mol. The number of unbranched alkanes of at least 4 members (excludes halogenated alkanes) is 30. The molecule has 0 radical (unpaired) electrons. The summed E-state index contributed by atoms with van der Waals surface area (Å²) in [6.07, 6.45) is 92.3. The number of rotatable bonds is 55. The number of nitrogens with one attached hydrogen (secondary N) is 1. The Labute approximate surface area is 442 Å². The van der Waals surface area contributed by atoms with Crippen LogP contribution in [-0.4, -0.2) is 34.9 Å². The van der Waals surface area contributed by atoms with Crippen molar-refractivity contribution in [1.29, 1.82) is 0 Å². The molecule has 0 heterocycles. The minimum atomic E-state index is -0.673. The maximum Gasteiger partial charge on any atom is 0.220 e. The zero-order chi connectivity index (χ0) is 51.3. The van der Waals surface area contributed by atoms with Crippen LogP contribution in [0.3, 0.4) is 0 Å². The van der Waals surface area contributed by atoms with Crippen LogP contribution in [0.15, 0.2) is 109 Å². The molecular weight excluding hydrogens is 867 g/mol.